The summed E-state index contributed by atoms with van der Waals surface area (Å²) >= 11 is 7.09. The van der Waals surface area contributed by atoms with Crippen molar-refractivity contribution in [3.8, 4) is 11.1 Å². The summed E-state index contributed by atoms with van der Waals surface area (Å²) in [4.78, 5) is 24.5. The molecule has 0 radical (unpaired) electrons. The lowest BCUT2D eigenvalue weighted by atomic mass is 10.0. The van der Waals surface area contributed by atoms with Crippen LogP contribution in [-0.2, 0) is 4.74 Å². The molecule has 1 aromatic heterocycles. The largest absolute Gasteiger partial charge is 0.478 e. The molecule has 2 N–H and O–H groups in total. The Morgan fingerprint density at radius 3 is 2.29 bits per heavy atom. The molecule has 1 heterocycles. The molecule has 2 rings (SSSR count). The summed E-state index contributed by atoms with van der Waals surface area (Å²) in [6.07, 6.45) is -0.686. The summed E-state index contributed by atoms with van der Waals surface area (Å²) in [7, 11) is 0. The van der Waals surface area contributed by atoms with Gasteiger partial charge in [0.25, 0.3) is 0 Å². The number of carboxylic acids is 1. The Balaban J connectivity index is 2.44. The zero-order valence-corrected chi connectivity index (χ0v) is 15.3. The fourth-order valence-electron chi connectivity index (χ4n) is 2.20. The summed E-state index contributed by atoms with van der Waals surface area (Å²) in [6, 6.07) is 6.89. The molecule has 0 spiro atoms. The highest BCUT2D eigenvalue weighted by Crippen LogP contribution is 2.40. The number of rotatable bonds is 3. The lowest BCUT2D eigenvalue weighted by Gasteiger charge is -2.19. The summed E-state index contributed by atoms with van der Waals surface area (Å²) in [5.74, 6) is -1.12. The molecule has 1 amide bonds. The van der Waals surface area contributed by atoms with Crippen LogP contribution >= 0.6 is 22.9 Å². The van der Waals surface area contributed by atoms with Crippen molar-refractivity contribution in [3.05, 3.63) is 39.7 Å². The SMILES string of the molecule is Cc1sc(NC(=O)OC(C)(C)C)c(C(=O)O)c1-c1ccc(Cl)cc1. The molecule has 2 aromatic rings. The van der Waals surface area contributed by atoms with Crippen molar-refractivity contribution in [2.24, 2.45) is 0 Å². The number of amides is 1. The number of hydrogen-bond acceptors (Lipinski definition) is 4. The van der Waals surface area contributed by atoms with Gasteiger partial charge < -0.3 is 9.84 Å². The third kappa shape index (κ3) is 4.27. The van der Waals surface area contributed by atoms with Crippen LogP contribution in [0.3, 0.4) is 0 Å². The quantitative estimate of drug-likeness (QED) is 0.759. The first-order valence-electron chi connectivity index (χ1n) is 7.21. The van der Waals surface area contributed by atoms with Crippen LogP contribution in [0, 0.1) is 6.92 Å². The van der Waals surface area contributed by atoms with Crippen molar-refractivity contribution < 1.29 is 19.4 Å². The lowest BCUT2D eigenvalue weighted by Crippen LogP contribution is -2.27. The van der Waals surface area contributed by atoms with E-state index in [4.69, 9.17) is 16.3 Å². The van der Waals surface area contributed by atoms with Crippen LogP contribution in [0.2, 0.25) is 5.02 Å². The van der Waals surface area contributed by atoms with E-state index >= 15 is 0 Å². The highest BCUT2D eigenvalue weighted by Gasteiger charge is 2.25. The highest BCUT2D eigenvalue weighted by molar-refractivity contribution is 7.17. The van der Waals surface area contributed by atoms with Crippen molar-refractivity contribution >= 4 is 40.0 Å². The van der Waals surface area contributed by atoms with E-state index in [-0.39, 0.29) is 10.6 Å². The van der Waals surface area contributed by atoms with Gasteiger partial charge in [0, 0.05) is 15.5 Å². The number of carboxylic acid groups (broad SMARTS) is 1. The monoisotopic (exact) mass is 367 g/mol. The number of aryl methyl sites for hydroxylation is 1. The molecule has 128 valence electrons. The number of ether oxygens (including phenoxy) is 1. The van der Waals surface area contributed by atoms with Crippen molar-refractivity contribution in [3.63, 3.8) is 0 Å². The van der Waals surface area contributed by atoms with Gasteiger partial charge in [0.1, 0.15) is 16.2 Å². The molecule has 0 fully saturated rings. The minimum atomic E-state index is -1.12. The van der Waals surface area contributed by atoms with E-state index in [1.54, 1.807) is 52.0 Å². The minimum Gasteiger partial charge on any atom is -0.478 e. The van der Waals surface area contributed by atoms with Gasteiger partial charge in [0.05, 0.1) is 0 Å². The second-order valence-corrected chi connectivity index (χ2v) is 7.84. The number of carbonyl (C=O) groups excluding carboxylic acids is 1. The fraction of sp³-hybridized carbons (Fsp3) is 0.294. The minimum absolute atomic E-state index is 0.0469. The number of halogens is 1. The first-order chi connectivity index (χ1) is 11.1. The number of carbonyl (C=O) groups is 2. The van der Waals surface area contributed by atoms with Gasteiger partial charge in [-0.25, -0.2) is 9.59 Å². The molecular formula is C17H18ClNO4S. The lowest BCUT2D eigenvalue weighted by molar-refractivity contribution is 0.0636. The molecule has 0 atom stereocenters. The molecular weight excluding hydrogens is 350 g/mol. The van der Waals surface area contributed by atoms with Crippen LogP contribution < -0.4 is 5.32 Å². The smallest absolute Gasteiger partial charge is 0.412 e. The van der Waals surface area contributed by atoms with E-state index in [0.717, 1.165) is 10.4 Å². The molecule has 0 aliphatic carbocycles. The molecule has 24 heavy (non-hydrogen) atoms. The van der Waals surface area contributed by atoms with E-state index in [1.165, 1.54) is 11.3 Å². The van der Waals surface area contributed by atoms with Crippen LogP contribution in [0.4, 0.5) is 9.80 Å². The van der Waals surface area contributed by atoms with Gasteiger partial charge in [0.15, 0.2) is 0 Å². The summed E-state index contributed by atoms with van der Waals surface area (Å²) in [6.45, 7) is 7.03. The molecule has 5 nitrogen and oxygen atoms in total. The van der Waals surface area contributed by atoms with Crippen LogP contribution in [0.1, 0.15) is 36.0 Å². The zero-order valence-electron chi connectivity index (χ0n) is 13.8. The van der Waals surface area contributed by atoms with Gasteiger partial charge in [0.2, 0.25) is 0 Å². The van der Waals surface area contributed by atoms with Gasteiger partial charge in [-0.1, -0.05) is 23.7 Å². The van der Waals surface area contributed by atoms with E-state index in [2.05, 4.69) is 5.32 Å². The predicted octanol–water partition coefficient (Wildman–Crippen LogP) is 5.42. The Bertz CT molecular complexity index is 775. The van der Waals surface area contributed by atoms with Crippen molar-refractivity contribution in [2.45, 2.75) is 33.3 Å². The van der Waals surface area contributed by atoms with Crippen molar-refractivity contribution in [1.29, 1.82) is 0 Å². The van der Waals surface area contributed by atoms with E-state index < -0.39 is 17.7 Å². The second kappa shape index (κ2) is 6.83. The average molecular weight is 368 g/mol. The number of benzene rings is 1. The predicted molar refractivity (Wildman–Crippen MR) is 96.3 cm³/mol. The maximum absolute atomic E-state index is 12.0. The Morgan fingerprint density at radius 2 is 1.79 bits per heavy atom. The van der Waals surface area contributed by atoms with Gasteiger partial charge in [-0.15, -0.1) is 11.3 Å². The van der Waals surface area contributed by atoms with Crippen LogP contribution in [-0.4, -0.2) is 22.8 Å². The molecule has 0 saturated carbocycles. The second-order valence-electron chi connectivity index (χ2n) is 6.18. The number of aromatic carboxylic acids is 1. The van der Waals surface area contributed by atoms with Gasteiger partial charge in [-0.05, 0) is 45.4 Å². The van der Waals surface area contributed by atoms with Crippen molar-refractivity contribution in [2.75, 3.05) is 5.32 Å². The molecule has 7 heteroatoms. The van der Waals surface area contributed by atoms with Gasteiger partial charge >= 0.3 is 12.1 Å². The third-order valence-electron chi connectivity index (χ3n) is 3.05. The Labute approximate surface area is 149 Å². The van der Waals surface area contributed by atoms with Crippen LogP contribution in [0.5, 0.6) is 0 Å². The summed E-state index contributed by atoms with van der Waals surface area (Å²) < 4.78 is 5.19. The first kappa shape index (κ1) is 18.3. The van der Waals surface area contributed by atoms with Crippen molar-refractivity contribution in [1.82, 2.24) is 0 Å². The maximum Gasteiger partial charge on any atom is 0.412 e. The normalized spacial score (nSPS) is 11.2. The van der Waals surface area contributed by atoms with E-state index in [0.29, 0.717) is 10.6 Å². The molecule has 0 bridgehead atoms. The topological polar surface area (TPSA) is 75.6 Å². The first-order valence-corrected chi connectivity index (χ1v) is 8.40. The highest BCUT2D eigenvalue weighted by atomic mass is 35.5. The number of anilines is 1. The van der Waals surface area contributed by atoms with Crippen LogP contribution in [0.25, 0.3) is 11.1 Å². The number of thiophene rings is 1. The third-order valence-corrected chi connectivity index (χ3v) is 4.32. The maximum atomic E-state index is 12.0. The molecule has 1 aromatic carbocycles. The molecule has 0 unspecified atom stereocenters. The van der Waals surface area contributed by atoms with Crippen LogP contribution in [0.15, 0.2) is 24.3 Å². The zero-order chi connectivity index (χ0) is 18.1. The molecule has 0 aliphatic heterocycles. The number of nitrogens with one attached hydrogen (secondary N) is 1. The summed E-state index contributed by atoms with van der Waals surface area (Å²) in [5, 5.41) is 13.0. The standard InChI is InChI=1S/C17H18ClNO4S/c1-9-12(10-5-7-11(18)8-6-10)13(15(20)21)14(24-9)19-16(22)23-17(2,3)4/h5-8H,1-4H3,(H,19,22)(H,20,21). The fourth-order valence-corrected chi connectivity index (χ4v) is 3.38. The average Bonchev–Trinajstić information content (AvgIpc) is 2.73. The molecule has 0 aliphatic rings. The van der Waals surface area contributed by atoms with E-state index in [9.17, 15) is 14.7 Å². The Hall–Kier alpha value is -2.05. The number of hydrogen-bond donors (Lipinski definition) is 2. The van der Waals surface area contributed by atoms with E-state index in [1.807, 2.05) is 0 Å². The molecule has 0 saturated heterocycles. The summed E-state index contributed by atoms with van der Waals surface area (Å²) in [5.41, 5.74) is 0.669. The Kier molecular flexibility index (Phi) is 5.20. The Morgan fingerprint density at radius 1 is 1.21 bits per heavy atom. The van der Waals surface area contributed by atoms with Gasteiger partial charge in [-0.3, -0.25) is 5.32 Å². The van der Waals surface area contributed by atoms with Gasteiger partial charge in [-0.2, -0.15) is 0 Å².